The molecule has 7 heteroatoms. The highest BCUT2D eigenvalue weighted by Gasteiger charge is 2.16. The van der Waals surface area contributed by atoms with Gasteiger partial charge >= 0.3 is 5.69 Å². The maximum absolute atomic E-state index is 10.3. The number of aromatic nitrogens is 2. The van der Waals surface area contributed by atoms with Gasteiger partial charge in [-0.05, 0) is 0 Å². The number of rotatable bonds is 5. The third-order valence-electron chi connectivity index (χ3n) is 2.00. The average molecular weight is 226 g/mol. The molecule has 0 saturated carbocycles. The molecule has 0 aromatic carbocycles. The maximum Gasteiger partial charge on any atom is 0.305 e. The van der Waals surface area contributed by atoms with Crippen molar-refractivity contribution >= 4 is 11.6 Å². The van der Waals surface area contributed by atoms with Crippen LogP contribution in [0.25, 0.3) is 0 Å². The molecule has 0 aliphatic heterocycles. The molecule has 0 unspecified atom stereocenters. The Morgan fingerprint density at radius 2 is 2.06 bits per heavy atom. The Labute approximate surface area is 92.7 Å². The van der Waals surface area contributed by atoms with Gasteiger partial charge in [0.15, 0.2) is 0 Å². The van der Waals surface area contributed by atoms with Crippen molar-refractivity contribution in [2.75, 3.05) is 18.5 Å². The Morgan fingerprint density at radius 1 is 1.50 bits per heavy atom. The average Bonchev–Trinajstić information content (AvgIpc) is 2.27. The molecule has 2 N–H and O–H groups in total. The van der Waals surface area contributed by atoms with E-state index in [1.165, 1.54) is 0 Å². The van der Waals surface area contributed by atoms with Crippen LogP contribution >= 0.6 is 0 Å². The molecular weight excluding hydrogens is 212 g/mol. The molecule has 0 spiro atoms. The molecule has 0 bridgehead atoms. The van der Waals surface area contributed by atoms with Crippen molar-refractivity contribution in [3.63, 3.8) is 0 Å². The molecule has 0 atom stereocenters. The topological polar surface area (TPSA) is 101 Å². The highest BCUT2D eigenvalue weighted by molar-refractivity contribution is 5.30. The van der Waals surface area contributed by atoms with Gasteiger partial charge in [0.25, 0.3) is 0 Å². The van der Waals surface area contributed by atoms with Crippen molar-refractivity contribution in [3.05, 3.63) is 22.5 Å². The second-order valence-corrected chi connectivity index (χ2v) is 4.20. The summed E-state index contributed by atoms with van der Waals surface area (Å²) in [5.74, 6) is 0.312. The van der Waals surface area contributed by atoms with Crippen LogP contribution in [0.3, 0.4) is 0 Å². The summed E-state index contributed by atoms with van der Waals surface area (Å²) < 4.78 is 0. The summed E-state index contributed by atoms with van der Waals surface area (Å²) in [4.78, 5) is 17.4. The van der Waals surface area contributed by atoms with Crippen molar-refractivity contribution in [1.29, 1.82) is 0 Å². The first-order valence-electron chi connectivity index (χ1n) is 4.76. The predicted molar refractivity (Wildman–Crippen MR) is 58.0 cm³/mol. The molecular formula is C9H14N4O3. The molecule has 0 fully saturated rings. The van der Waals surface area contributed by atoms with Gasteiger partial charge in [-0.1, -0.05) is 13.8 Å². The van der Waals surface area contributed by atoms with E-state index in [0.29, 0.717) is 12.5 Å². The quantitative estimate of drug-likeness (QED) is 0.569. The zero-order chi connectivity index (χ0) is 12.2. The Kier molecular flexibility index (Phi) is 3.73. The van der Waals surface area contributed by atoms with Gasteiger partial charge < -0.3 is 10.4 Å². The zero-order valence-electron chi connectivity index (χ0n) is 9.17. The first-order valence-corrected chi connectivity index (χ1v) is 4.76. The van der Waals surface area contributed by atoms with E-state index in [4.69, 9.17) is 5.11 Å². The summed E-state index contributed by atoms with van der Waals surface area (Å²) in [6.45, 7) is 4.28. The molecule has 1 rings (SSSR count). The Hall–Kier alpha value is -1.76. The fraction of sp³-hybridized carbons (Fsp3) is 0.556. The molecule has 88 valence electrons. The fourth-order valence-electron chi connectivity index (χ4n) is 0.881. The van der Waals surface area contributed by atoms with Crippen LogP contribution in [-0.4, -0.2) is 33.1 Å². The van der Waals surface area contributed by atoms with E-state index in [-0.39, 0.29) is 17.7 Å². The van der Waals surface area contributed by atoms with Gasteiger partial charge in [0.2, 0.25) is 5.95 Å². The minimum absolute atomic E-state index is 0.0347. The third kappa shape index (κ3) is 3.43. The normalized spacial score (nSPS) is 11.2. The molecule has 0 saturated heterocycles. The lowest BCUT2D eigenvalue weighted by molar-refractivity contribution is -0.385. The second-order valence-electron chi connectivity index (χ2n) is 4.20. The number of aliphatic hydroxyl groups excluding tert-OH is 1. The maximum atomic E-state index is 10.3. The van der Waals surface area contributed by atoms with Crippen molar-refractivity contribution in [3.8, 4) is 0 Å². The van der Waals surface area contributed by atoms with E-state index in [0.717, 1.165) is 12.4 Å². The molecule has 0 aliphatic carbocycles. The Bertz CT molecular complexity index is 364. The standard InChI is InChI=1S/C9H14N4O3/c1-9(2,6-14)5-12-8-10-3-7(4-11-8)13(15)16/h3-4,14H,5-6H2,1-2H3,(H,10,11,12). The Morgan fingerprint density at radius 3 is 2.50 bits per heavy atom. The van der Waals surface area contributed by atoms with Gasteiger partial charge in [-0.15, -0.1) is 0 Å². The summed E-state index contributed by atoms with van der Waals surface area (Å²) in [7, 11) is 0. The van der Waals surface area contributed by atoms with E-state index >= 15 is 0 Å². The van der Waals surface area contributed by atoms with E-state index in [1.807, 2.05) is 13.8 Å². The van der Waals surface area contributed by atoms with E-state index < -0.39 is 4.92 Å². The highest BCUT2D eigenvalue weighted by Crippen LogP contribution is 2.14. The largest absolute Gasteiger partial charge is 0.396 e. The van der Waals surface area contributed by atoms with Crippen LogP contribution in [-0.2, 0) is 0 Å². The summed E-state index contributed by atoms with van der Waals surface area (Å²) >= 11 is 0. The second kappa shape index (κ2) is 4.84. The molecule has 0 aliphatic rings. The van der Waals surface area contributed by atoms with Gasteiger partial charge in [0.05, 0.1) is 4.92 Å². The monoisotopic (exact) mass is 226 g/mol. The summed E-state index contributed by atoms with van der Waals surface area (Å²) in [6.07, 6.45) is 2.28. The minimum Gasteiger partial charge on any atom is -0.396 e. The molecule has 7 nitrogen and oxygen atoms in total. The summed E-state index contributed by atoms with van der Waals surface area (Å²) in [5.41, 5.74) is -0.433. The number of anilines is 1. The number of hydrogen-bond acceptors (Lipinski definition) is 6. The smallest absolute Gasteiger partial charge is 0.305 e. The van der Waals surface area contributed by atoms with Crippen molar-refractivity contribution in [2.24, 2.45) is 5.41 Å². The van der Waals surface area contributed by atoms with E-state index in [1.54, 1.807) is 0 Å². The number of nitrogens with zero attached hydrogens (tertiary/aromatic N) is 3. The Balaban J connectivity index is 2.59. The van der Waals surface area contributed by atoms with Crippen molar-refractivity contribution in [2.45, 2.75) is 13.8 Å². The fourth-order valence-corrected chi connectivity index (χ4v) is 0.881. The van der Waals surface area contributed by atoms with Crippen LogP contribution in [0.1, 0.15) is 13.8 Å². The van der Waals surface area contributed by atoms with Crippen LogP contribution < -0.4 is 5.32 Å². The van der Waals surface area contributed by atoms with Gasteiger partial charge in [-0.2, -0.15) is 0 Å². The minimum atomic E-state index is -0.554. The van der Waals surface area contributed by atoms with Crippen LogP contribution in [0.15, 0.2) is 12.4 Å². The SMILES string of the molecule is CC(C)(CO)CNc1ncc([N+](=O)[O-])cn1. The first-order chi connectivity index (χ1) is 7.44. The van der Waals surface area contributed by atoms with E-state index in [2.05, 4.69) is 15.3 Å². The third-order valence-corrected chi connectivity index (χ3v) is 2.00. The predicted octanol–water partition coefficient (Wildman–Crippen LogP) is 0.815. The number of aliphatic hydroxyl groups is 1. The van der Waals surface area contributed by atoms with Crippen LogP contribution in [0.2, 0.25) is 0 Å². The van der Waals surface area contributed by atoms with Crippen LogP contribution in [0.4, 0.5) is 11.6 Å². The number of hydrogen-bond donors (Lipinski definition) is 2. The lowest BCUT2D eigenvalue weighted by atomic mass is 9.95. The molecule has 1 aromatic rings. The van der Waals surface area contributed by atoms with Crippen LogP contribution in [0.5, 0.6) is 0 Å². The van der Waals surface area contributed by atoms with Crippen molar-refractivity contribution < 1.29 is 10.0 Å². The van der Waals surface area contributed by atoms with Crippen LogP contribution in [0, 0.1) is 15.5 Å². The summed E-state index contributed by atoms with van der Waals surface area (Å²) in [6, 6.07) is 0. The molecule has 1 aromatic heterocycles. The first kappa shape index (κ1) is 12.3. The van der Waals surface area contributed by atoms with Gasteiger partial charge in [-0.25, -0.2) is 9.97 Å². The number of nitrogens with one attached hydrogen (secondary N) is 1. The van der Waals surface area contributed by atoms with Gasteiger partial charge in [-0.3, -0.25) is 10.1 Å². The highest BCUT2D eigenvalue weighted by atomic mass is 16.6. The van der Waals surface area contributed by atoms with Gasteiger partial charge in [0, 0.05) is 18.6 Å². The lowest BCUT2D eigenvalue weighted by Gasteiger charge is -2.21. The van der Waals surface area contributed by atoms with Gasteiger partial charge in [0.1, 0.15) is 12.4 Å². The lowest BCUT2D eigenvalue weighted by Crippen LogP contribution is -2.27. The molecule has 0 amide bonds. The molecule has 16 heavy (non-hydrogen) atoms. The van der Waals surface area contributed by atoms with Crippen molar-refractivity contribution in [1.82, 2.24) is 9.97 Å². The molecule has 0 radical (unpaired) electrons. The summed E-state index contributed by atoms with van der Waals surface area (Å²) in [5, 5.41) is 22.3. The number of nitro groups is 1. The molecule has 1 heterocycles. The zero-order valence-corrected chi connectivity index (χ0v) is 9.17. The van der Waals surface area contributed by atoms with E-state index in [9.17, 15) is 10.1 Å².